The first-order chi connectivity index (χ1) is 10.6. The zero-order valence-corrected chi connectivity index (χ0v) is 13.3. The number of aromatic nitrogens is 1. The van der Waals surface area contributed by atoms with E-state index in [2.05, 4.69) is 10.3 Å². The Hall–Kier alpha value is -1.62. The fourth-order valence-corrected chi connectivity index (χ4v) is 2.50. The van der Waals surface area contributed by atoms with Crippen molar-refractivity contribution in [1.82, 2.24) is 10.3 Å². The highest BCUT2D eigenvalue weighted by atomic mass is 35.5. The van der Waals surface area contributed by atoms with Crippen LogP contribution in [0.15, 0.2) is 42.6 Å². The van der Waals surface area contributed by atoms with Crippen molar-refractivity contribution in [3.8, 4) is 0 Å². The molecule has 0 unspecified atom stereocenters. The van der Waals surface area contributed by atoms with E-state index < -0.39 is 6.10 Å². The average molecular weight is 339 g/mol. The van der Waals surface area contributed by atoms with Crippen LogP contribution in [0.1, 0.15) is 23.8 Å². The van der Waals surface area contributed by atoms with E-state index in [-0.39, 0.29) is 12.5 Å². The monoisotopic (exact) mass is 338 g/mol. The SMILES string of the molecule is O=C(CCc1ccccn1)NC[C@H](O)c1ccc(Cl)cc1Cl. The van der Waals surface area contributed by atoms with Gasteiger partial charge in [0, 0.05) is 40.5 Å². The van der Waals surface area contributed by atoms with Gasteiger partial charge >= 0.3 is 0 Å². The molecule has 0 bridgehead atoms. The van der Waals surface area contributed by atoms with Crippen LogP contribution in [0.4, 0.5) is 0 Å². The predicted molar refractivity (Wildman–Crippen MR) is 87.0 cm³/mol. The number of pyridine rings is 1. The Morgan fingerprint density at radius 3 is 2.77 bits per heavy atom. The second kappa shape index (κ2) is 8.13. The van der Waals surface area contributed by atoms with Crippen LogP contribution in [0, 0.1) is 0 Å². The quantitative estimate of drug-likeness (QED) is 0.850. The topological polar surface area (TPSA) is 62.2 Å². The minimum Gasteiger partial charge on any atom is -0.387 e. The van der Waals surface area contributed by atoms with Crippen molar-refractivity contribution < 1.29 is 9.90 Å². The molecule has 116 valence electrons. The number of nitrogens with zero attached hydrogens (tertiary/aromatic N) is 1. The lowest BCUT2D eigenvalue weighted by atomic mass is 10.1. The van der Waals surface area contributed by atoms with Crippen LogP contribution in [0.2, 0.25) is 10.0 Å². The molecular weight excluding hydrogens is 323 g/mol. The van der Waals surface area contributed by atoms with Gasteiger partial charge in [-0.15, -0.1) is 0 Å². The Bertz CT molecular complexity index is 635. The molecule has 6 heteroatoms. The van der Waals surface area contributed by atoms with Crippen molar-refractivity contribution in [2.24, 2.45) is 0 Å². The minimum atomic E-state index is -0.872. The van der Waals surface area contributed by atoms with E-state index in [0.717, 1.165) is 5.69 Å². The lowest BCUT2D eigenvalue weighted by Gasteiger charge is -2.14. The smallest absolute Gasteiger partial charge is 0.220 e. The fourth-order valence-electron chi connectivity index (χ4n) is 1.97. The first-order valence-electron chi connectivity index (χ1n) is 6.86. The highest BCUT2D eigenvalue weighted by Gasteiger charge is 2.13. The van der Waals surface area contributed by atoms with E-state index in [0.29, 0.717) is 28.5 Å². The molecule has 0 aliphatic carbocycles. The van der Waals surface area contributed by atoms with Gasteiger partial charge in [-0.2, -0.15) is 0 Å². The van der Waals surface area contributed by atoms with Gasteiger partial charge in [0.25, 0.3) is 0 Å². The summed E-state index contributed by atoms with van der Waals surface area (Å²) in [5, 5.41) is 13.6. The van der Waals surface area contributed by atoms with Crippen LogP contribution in [-0.2, 0) is 11.2 Å². The predicted octanol–water partition coefficient (Wildman–Crippen LogP) is 3.17. The number of halogens is 2. The van der Waals surface area contributed by atoms with Gasteiger partial charge in [-0.3, -0.25) is 9.78 Å². The lowest BCUT2D eigenvalue weighted by molar-refractivity contribution is -0.121. The zero-order valence-electron chi connectivity index (χ0n) is 11.8. The van der Waals surface area contributed by atoms with Crippen molar-refractivity contribution in [3.05, 3.63) is 63.9 Å². The normalized spacial score (nSPS) is 12.0. The summed E-state index contributed by atoms with van der Waals surface area (Å²) < 4.78 is 0. The van der Waals surface area contributed by atoms with Gasteiger partial charge in [0.15, 0.2) is 0 Å². The fraction of sp³-hybridized carbons (Fsp3) is 0.250. The third-order valence-electron chi connectivity index (χ3n) is 3.15. The van der Waals surface area contributed by atoms with E-state index in [1.165, 1.54) is 0 Å². The highest BCUT2D eigenvalue weighted by Crippen LogP contribution is 2.25. The number of aliphatic hydroxyl groups excluding tert-OH is 1. The maximum Gasteiger partial charge on any atom is 0.220 e. The van der Waals surface area contributed by atoms with Crippen LogP contribution in [0.25, 0.3) is 0 Å². The first kappa shape index (κ1) is 16.7. The molecule has 2 rings (SSSR count). The maximum absolute atomic E-state index is 11.8. The summed E-state index contributed by atoms with van der Waals surface area (Å²) in [6, 6.07) is 10.4. The lowest BCUT2D eigenvalue weighted by Crippen LogP contribution is -2.28. The Morgan fingerprint density at radius 1 is 1.27 bits per heavy atom. The van der Waals surface area contributed by atoms with E-state index in [1.54, 1.807) is 24.4 Å². The standard InChI is InChI=1S/C16H16Cl2N2O2/c17-11-4-6-13(14(18)9-11)15(21)10-20-16(22)7-5-12-3-1-2-8-19-12/h1-4,6,8-9,15,21H,5,7,10H2,(H,20,22)/t15-/m0/s1. The third-order valence-corrected chi connectivity index (χ3v) is 3.71. The van der Waals surface area contributed by atoms with Gasteiger partial charge in [0.1, 0.15) is 0 Å². The molecular formula is C16H16Cl2N2O2. The van der Waals surface area contributed by atoms with E-state index in [4.69, 9.17) is 23.2 Å². The summed E-state index contributed by atoms with van der Waals surface area (Å²) in [4.78, 5) is 15.9. The number of benzene rings is 1. The summed E-state index contributed by atoms with van der Waals surface area (Å²) in [7, 11) is 0. The van der Waals surface area contributed by atoms with Crippen molar-refractivity contribution >= 4 is 29.1 Å². The molecule has 1 heterocycles. The highest BCUT2D eigenvalue weighted by molar-refractivity contribution is 6.35. The molecule has 1 atom stereocenters. The second-order valence-electron chi connectivity index (χ2n) is 4.81. The summed E-state index contributed by atoms with van der Waals surface area (Å²) in [5.74, 6) is -0.144. The molecule has 1 aromatic heterocycles. The molecule has 0 aliphatic rings. The maximum atomic E-state index is 11.8. The van der Waals surface area contributed by atoms with Crippen LogP contribution < -0.4 is 5.32 Å². The number of carbonyl (C=O) groups excluding carboxylic acids is 1. The van der Waals surface area contributed by atoms with Gasteiger partial charge in [0.05, 0.1) is 6.10 Å². The molecule has 0 saturated heterocycles. The first-order valence-corrected chi connectivity index (χ1v) is 7.61. The van der Waals surface area contributed by atoms with Crippen molar-refractivity contribution in [1.29, 1.82) is 0 Å². The van der Waals surface area contributed by atoms with Crippen LogP contribution >= 0.6 is 23.2 Å². The Labute approximate surface area is 139 Å². The molecule has 2 aromatic rings. The summed E-state index contributed by atoms with van der Waals surface area (Å²) in [6.07, 6.45) is 1.70. The number of aliphatic hydroxyl groups is 1. The molecule has 0 fully saturated rings. The van der Waals surface area contributed by atoms with Crippen LogP contribution in [0.3, 0.4) is 0 Å². The number of hydrogen-bond donors (Lipinski definition) is 2. The minimum absolute atomic E-state index is 0.0996. The van der Waals surface area contributed by atoms with Gasteiger partial charge in [-0.25, -0.2) is 0 Å². The van der Waals surface area contributed by atoms with Crippen LogP contribution in [-0.4, -0.2) is 22.5 Å². The number of rotatable bonds is 6. The molecule has 1 aromatic carbocycles. The number of carbonyl (C=O) groups is 1. The average Bonchev–Trinajstić information content (AvgIpc) is 2.51. The van der Waals surface area contributed by atoms with E-state index in [9.17, 15) is 9.90 Å². The van der Waals surface area contributed by atoms with Gasteiger partial charge in [0.2, 0.25) is 5.91 Å². The van der Waals surface area contributed by atoms with Crippen molar-refractivity contribution in [3.63, 3.8) is 0 Å². The third kappa shape index (κ3) is 4.98. The summed E-state index contributed by atoms with van der Waals surface area (Å²) >= 11 is 11.8. The Kier molecular flexibility index (Phi) is 6.19. The molecule has 22 heavy (non-hydrogen) atoms. The van der Waals surface area contributed by atoms with Gasteiger partial charge in [-0.1, -0.05) is 35.3 Å². The molecule has 0 saturated carbocycles. The molecule has 2 N–H and O–H groups in total. The summed E-state index contributed by atoms with van der Waals surface area (Å²) in [6.45, 7) is 0.0996. The second-order valence-corrected chi connectivity index (χ2v) is 5.65. The largest absolute Gasteiger partial charge is 0.387 e. The van der Waals surface area contributed by atoms with Crippen molar-refractivity contribution in [2.45, 2.75) is 18.9 Å². The number of amides is 1. The molecule has 0 aliphatic heterocycles. The number of aryl methyl sites for hydroxylation is 1. The Balaban J connectivity index is 1.80. The molecule has 0 radical (unpaired) electrons. The van der Waals surface area contributed by atoms with Gasteiger partial charge in [-0.05, 0) is 30.7 Å². The number of nitrogens with one attached hydrogen (secondary N) is 1. The van der Waals surface area contributed by atoms with Crippen LogP contribution in [0.5, 0.6) is 0 Å². The van der Waals surface area contributed by atoms with Crippen molar-refractivity contribution in [2.75, 3.05) is 6.54 Å². The van der Waals surface area contributed by atoms with Gasteiger partial charge < -0.3 is 10.4 Å². The zero-order chi connectivity index (χ0) is 15.9. The summed E-state index contributed by atoms with van der Waals surface area (Å²) in [5.41, 5.74) is 1.40. The van der Waals surface area contributed by atoms with E-state index >= 15 is 0 Å². The number of hydrogen-bond acceptors (Lipinski definition) is 3. The molecule has 0 spiro atoms. The molecule has 1 amide bonds. The van der Waals surface area contributed by atoms with E-state index in [1.807, 2.05) is 18.2 Å². The molecule has 4 nitrogen and oxygen atoms in total. The Morgan fingerprint density at radius 2 is 2.09 bits per heavy atom.